The van der Waals surface area contributed by atoms with Gasteiger partial charge in [-0.1, -0.05) is 48.0 Å². The number of halogens is 3. The standard InChI is InChI=1S/C22H15ClF2O4/c1-11-15(21(26)27)10-17(19(20(24)25)18(11)22(28)29)16-9-13(23)7-8-14(16)12-5-3-2-4-6-12/h2-10,20H,1H3,(H,26,27)(H,28,29). The number of benzene rings is 3. The summed E-state index contributed by atoms with van der Waals surface area (Å²) < 4.78 is 28.1. The van der Waals surface area contributed by atoms with Gasteiger partial charge in [0.15, 0.2) is 0 Å². The van der Waals surface area contributed by atoms with E-state index in [1.54, 1.807) is 42.5 Å². The molecule has 0 saturated carbocycles. The first-order chi connectivity index (χ1) is 13.7. The van der Waals surface area contributed by atoms with E-state index in [-0.39, 0.29) is 27.3 Å². The molecule has 7 heteroatoms. The highest BCUT2D eigenvalue weighted by atomic mass is 35.5. The summed E-state index contributed by atoms with van der Waals surface area (Å²) >= 11 is 6.10. The van der Waals surface area contributed by atoms with Gasteiger partial charge in [0.05, 0.1) is 11.1 Å². The van der Waals surface area contributed by atoms with Crippen molar-refractivity contribution < 1.29 is 28.6 Å². The molecule has 29 heavy (non-hydrogen) atoms. The first-order valence-corrected chi connectivity index (χ1v) is 8.87. The van der Waals surface area contributed by atoms with E-state index in [0.29, 0.717) is 11.1 Å². The Labute approximate surface area is 170 Å². The third kappa shape index (κ3) is 3.84. The minimum atomic E-state index is -3.14. The summed E-state index contributed by atoms with van der Waals surface area (Å²) in [6.45, 7) is 1.21. The summed E-state index contributed by atoms with van der Waals surface area (Å²) in [5, 5.41) is 19.3. The molecule has 0 fully saturated rings. The molecule has 0 bridgehead atoms. The summed E-state index contributed by atoms with van der Waals surface area (Å²) in [4.78, 5) is 23.5. The molecule has 2 N–H and O–H groups in total. The first-order valence-electron chi connectivity index (χ1n) is 8.50. The molecule has 0 aliphatic heterocycles. The molecule has 3 rings (SSSR count). The zero-order valence-corrected chi connectivity index (χ0v) is 15.9. The lowest BCUT2D eigenvalue weighted by molar-refractivity contribution is 0.0683. The van der Waals surface area contributed by atoms with Gasteiger partial charge in [0.25, 0.3) is 6.43 Å². The summed E-state index contributed by atoms with van der Waals surface area (Å²) in [5.41, 5.74) is -0.783. The fourth-order valence-corrected chi connectivity index (χ4v) is 3.53. The van der Waals surface area contributed by atoms with E-state index >= 15 is 0 Å². The molecule has 0 amide bonds. The van der Waals surface area contributed by atoms with Crippen molar-refractivity contribution >= 4 is 23.5 Å². The molecule has 0 aliphatic carbocycles. The van der Waals surface area contributed by atoms with E-state index in [4.69, 9.17) is 11.6 Å². The number of carbonyl (C=O) groups is 2. The lowest BCUT2D eigenvalue weighted by Crippen LogP contribution is -2.13. The van der Waals surface area contributed by atoms with Crippen LogP contribution >= 0.6 is 11.6 Å². The van der Waals surface area contributed by atoms with Crippen molar-refractivity contribution in [3.05, 3.63) is 81.9 Å². The van der Waals surface area contributed by atoms with Gasteiger partial charge in [0.2, 0.25) is 0 Å². The molecule has 148 valence electrons. The van der Waals surface area contributed by atoms with Crippen LogP contribution in [-0.4, -0.2) is 22.2 Å². The van der Waals surface area contributed by atoms with Crippen LogP contribution in [0.5, 0.6) is 0 Å². The SMILES string of the molecule is Cc1c(C(=O)O)cc(-c2cc(Cl)ccc2-c2ccccc2)c(C(F)F)c1C(=O)O. The van der Waals surface area contributed by atoms with Crippen LogP contribution in [0.2, 0.25) is 5.02 Å². The minimum Gasteiger partial charge on any atom is -0.478 e. The third-order valence-electron chi connectivity index (χ3n) is 4.65. The maximum absolute atomic E-state index is 14.0. The highest BCUT2D eigenvalue weighted by Crippen LogP contribution is 2.42. The summed E-state index contributed by atoms with van der Waals surface area (Å²) in [6, 6.07) is 14.6. The zero-order chi connectivity index (χ0) is 21.3. The minimum absolute atomic E-state index is 0.179. The van der Waals surface area contributed by atoms with E-state index in [1.807, 2.05) is 0 Å². The second-order valence-electron chi connectivity index (χ2n) is 6.35. The number of alkyl halides is 2. The Morgan fingerprint density at radius 1 is 0.897 bits per heavy atom. The Kier molecular flexibility index (Phi) is 5.66. The van der Waals surface area contributed by atoms with Gasteiger partial charge in [0.1, 0.15) is 0 Å². The Balaban J connectivity index is 2.48. The fraction of sp³-hybridized carbons (Fsp3) is 0.0909. The number of aromatic carboxylic acids is 2. The average Bonchev–Trinajstić information content (AvgIpc) is 2.67. The smallest absolute Gasteiger partial charge is 0.336 e. The Bertz CT molecular complexity index is 1110. The van der Waals surface area contributed by atoms with Gasteiger partial charge in [-0.25, -0.2) is 18.4 Å². The van der Waals surface area contributed by atoms with Gasteiger partial charge in [-0.05, 0) is 52.9 Å². The molecule has 4 nitrogen and oxygen atoms in total. The molecule has 0 heterocycles. The van der Waals surface area contributed by atoms with Crippen LogP contribution in [-0.2, 0) is 0 Å². The average molecular weight is 417 g/mol. The predicted octanol–water partition coefficient (Wildman–Crippen LogP) is 6.32. The van der Waals surface area contributed by atoms with Crippen molar-refractivity contribution in [2.75, 3.05) is 0 Å². The maximum Gasteiger partial charge on any atom is 0.336 e. The molecular weight excluding hydrogens is 402 g/mol. The van der Waals surface area contributed by atoms with Gasteiger partial charge >= 0.3 is 11.9 Å². The molecule has 0 spiro atoms. The van der Waals surface area contributed by atoms with E-state index in [1.165, 1.54) is 13.0 Å². The molecule has 3 aromatic rings. The van der Waals surface area contributed by atoms with Crippen LogP contribution in [0.4, 0.5) is 8.78 Å². The summed E-state index contributed by atoms with van der Waals surface area (Å²) in [6.07, 6.45) is -3.14. The third-order valence-corrected chi connectivity index (χ3v) is 4.88. The van der Waals surface area contributed by atoms with Crippen molar-refractivity contribution in [2.24, 2.45) is 0 Å². The highest BCUT2D eigenvalue weighted by Gasteiger charge is 2.29. The summed E-state index contributed by atoms with van der Waals surface area (Å²) in [7, 11) is 0. The predicted molar refractivity (Wildman–Crippen MR) is 106 cm³/mol. The largest absolute Gasteiger partial charge is 0.478 e. The van der Waals surface area contributed by atoms with E-state index in [9.17, 15) is 28.6 Å². The number of carboxylic acids is 2. The summed E-state index contributed by atoms with van der Waals surface area (Å²) in [5.74, 6) is -3.03. The number of carboxylic acid groups (broad SMARTS) is 2. The topological polar surface area (TPSA) is 74.6 Å². The number of rotatable bonds is 5. The lowest BCUT2D eigenvalue weighted by atomic mass is 9.86. The molecule has 0 unspecified atom stereocenters. The van der Waals surface area contributed by atoms with Crippen molar-refractivity contribution in [3.63, 3.8) is 0 Å². The monoisotopic (exact) mass is 416 g/mol. The van der Waals surface area contributed by atoms with Gasteiger partial charge in [-0.2, -0.15) is 0 Å². The number of hydrogen-bond donors (Lipinski definition) is 2. The normalized spacial score (nSPS) is 10.9. The van der Waals surface area contributed by atoms with Crippen molar-refractivity contribution in [1.82, 2.24) is 0 Å². The number of hydrogen-bond acceptors (Lipinski definition) is 2. The van der Waals surface area contributed by atoms with E-state index in [0.717, 1.165) is 6.07 Å². The highest BCUT2D eigenvalue weighted by molar-refractivity contribution is 6.31. The molecule has 0 aromatic heterocycles. The quantitative estimate of drug-likeness (QED) is 0.510. The van der Waals surface area contributed by atoms with Crippen LogP contribution < -0.4 is 0 Å². The van der Waals surface area contributed by atoms with Crippen LogP contribution in [0.3, 0.4) is 0 Å². The van der Waals surface area contributed by atoms with Crippen LogP contribution in [0.25, 0.3) is 22.3 Å². The first kappa shape index (κ1) is 20.5. The van der Waals surface area contributed by atoms with Crippen LogP contribution in [0.1, 0.15) is 38.3 Å². The second kappa shape index (κ2) is 8.01. The van der Waals surface area contributed by atoms with Gasteiger partial charge in [0, 0.05) is 10.6 Å². The molecule has 0 saturated heterocycles. The Morgan fingerprint density at radius 3 is 2.10 bits per heavy atom. The molecule has 0 aliphatic rings. The van der Waals surface area contributed by atoms with Crippen molar-refractivity contribution in [1.29, 1.82) is 0 Å². The molecule has 0 radical (unpaired) electrons. The van der Waals surface area contributed by atoms with Crippen LogP contribution in [0.15, 0.2) is 54.6 Å². The Hall–Kier alpha value is -3.25. The van der Waals surface area contributed by atoms with Crippen molar-refractivity contribution in [2.45, 2.75) is 13.3 Å². The van der Waals surface area contributed by atoms with Gasteiger partial charge in [-0.15, -0.1) is 0 Å². The van der Waals surface area contributed by atoms with Crippen molar-refractivity contribution in [3.8, 4) is 22.3 Å². The molecular formula is C22H15ClF2O4. The Morgan fingerprint density at radius 2 is 1.55 bits per heavy atom. The van der Waals surface area contributed by atoms with E-state index < -0.39 is 29.5 Å². The fourth-order valence-electron chi connectivity index (χ4n) is 3.36. The van der Waals surface area contributed by atoms with Gasteiger partial charge in [-0.3, -0.25) is 0 Å². The van der Waals surface area contributed by atoms with Crippen LogP contribution in [0, 0.1) is 6.92 Å². The van der Waals surface area contributed by atoms with Gasteiger partial charge < -0.3 is 10.2 Å². The second-order valence-corrected chi connectivity index (χ2v) is 6.79. The zero-order valence-electron chi connectivity index (χ0n) is 15.1. The maximum atomic E-state index is 14.0. The molecule has 0 atom stereocenters. The lowest BCUT2D eigenvalue weighted by Gasteiger charge is -2.19. The molecule has 3 aromatic carbocycles. The van der Waals surface area contributed by atoms with E-state index in [2.05, 4.69) is 0 Å².